The van der Waals surface area contributed by atoms with Gasteiger partial charge in [0.15, 0.2) is 0 Å². The van der Waals surface area contributed by atoms with Crippen molar-refractivity contribution in [3.8, 4) is 5.75 Å². The lowest BCUT2D eigenvalue weighted by Gasteiger charge is -2.23. The number of hydrogen-bond acceptors (Lipinski definition) is 4. The molecule has 0 radical (unpaired) electrons. The molecular weight excluding hydrogens is 317 g/mol. The third kappa shape index (κ3) is 3.92. The summed E-state index contributed by atoms with van der Waals surface area (Å²) in [4.78, 5) is 23.9. The molecule has 0 aliphatic carbocycles. The van der Waals surface area contributed by atoms with Crippen molar-refractivity contribution < 1.29 is 14.3 Å². The largest absolute Gasteiger partial charge is 0.496 e. The molecular formula is C13H17Cl2N3O3. The van der Waals surface area contributed by atoms with Crippen molar-refractivity contribution in [2.24, 2.45) is 0 Å². The summed E-state index contributed by atoms with van der Waals surface area (Å²) < 4.78 is 5.12. The van der Waals surface area contributed by atoms with Crippen LogP contribution in [0.1, 0.15) is 23.2 Å². The van der Waals surface area contributed by atoms with E-state index in [0.717, 1.165) is 6.42 Å². The van der Waals surface area contributed by atoms with Gasteiger partial charge in [-0.15, -0.1) is 12.4 Å². The Labute approximate surface area is 133 Å². The minimum Gasteiger partial charge on any atom is -0.496 e. The van der Waals surface area contributed by atoms with Crippen LogP contribution in [0.3, 0.4) is 0 Å². The van der Waals surface area contributed by atoms with Crippen molar-refractivity contribution in [1.29, 1.82) is 0 Å². The predicted molar refractivity (Wildman–Crippen MR) is 83.2 cm³/mol. The van der Waals surface area contributed by atoms with Gasteiger partial charge in [0.2, 0.25) is 5.91 Å². The molecule has 8 heteroatoms. The number of carbonyl (C=O) groups excluding carboxylic acids is 2. The second-order valence-electron chi connectivity index (χ2n) is 4.53. The summed E-state index contributed by atoms with van der Waals surface area (Å²) in [6.45, 7) is 0.641. The molecule has 1 atom stereocenters. The number of rotatable bonds is 3. The number of piperidine rings is 1. The van der Waals surface area contributed by atoms with Gasteiger partial charge in [-0.3, -0.25) is 9.59 Å². The smallest absolute Gasteiger partial charge is 0.255 e. The van der Waals surface area contributed by atoms with Crippen LogP contribution >= 0.6 is 24.0 Å². The number of halogens is 2. The first-order chi connectivity index (χ1) is 9.52. The van der Waals surface area contributed by atoms with Crippen LogP contribution in [0.25, 0.3) is 0 Å². The Balaban J connectivity index is 0.00000220. The monoisotopic (exact) mass is 333 g/mol. The molecule has 1 aliphatic rings. The lowest BCUT2D eigenvalue weighted by atomic mass is 10.1. The van der Waals surface area contributed by atoms with Crippen LogP contribution in [0.15, 0.2) is 12.1 Å². The molecule has 2 amide bonds. The quantitative estimate of drug-likeness (QED) is 0.728. The molecule has 116 valence electrons. The fourth-order valence-electron chi connectivity index (χ4n) is 2.06. The number of anilines is 1. The van der Waals surface area contributed by atoms with Crippen molar-refractivity contribution in [2.45, 2.75) is 18.9 Å². The maximum Gasteiger partial charge on any atom is 0.255 e. The van der Waals surface area contributed by atoms with Crippen LogP contribution in [-0.2, 0) is 4.79 Å². The molecule has 0 spiro atoms. The van der Waals surface area contributed by atoms with Gasteiger partial charge in [0.1, 0.15) is 11.8 Å². The highest BCUT2D eigenvalue weighted by atomic mass is 35.5. The lowest BCUT2D eigenvalue weighted by Crippen LogP contribution is -2.50. The molecule has 1 saturated heterocycles. The molecule has 1 heterocycles. The van der Waals surface area contributed by atoms with Crippen molar-refractivity contribution >= 4 is 41.5 Å². The first-order valence-electron chi connectivity index (χ1n) is 6.24. The number of nitrogens with one attached hydrogen (secondary N) is 2. The number of carbonyl (C=O) groups is 2. The second-order valence-corrected chi connectivity index (χ2v) is 4.94. The Morgan fingerprint density at radius 3 is 2.86 bits per heavy atom. The van der Waals surface area contributed by atoms with E-state index in [1.54, 1.807) is 0 Å². The fourth-order valence-corrected chi connectivity index (χ4v) is 2.22. The third-order valence-electron chi connectivity index (χ3n) is 3.15. The molecule has 6 nitrogen and oxygen atoms in total. The number of nitrogen functional groups attached to an aromatic ring is 1. The maximum atomic E-state index is 12.2. The topological polar surface area (TPSA) is 93.4 Å². The summed E-state index contributed by atoms with van der Waals surface area (Å²) in [5.74, 6) is -0.267. The van der Waals surface area contributed by atoms with Crippen LogP contribution in [0, 0.1) is 0 Å². The normalized spacial score (nSPS) is 17.4. The minimum absolute atomic E-state index is 0. The number of amides is 2. The van der Waals surface area contributed by atoms with Gasteiger partial charge in [0.25, 0.3) is 5.91 Å². The predicted octanol–water partition coefficient (Wildman–Crippen LogP) is 1.36. The zero-order valence-corrected chi connectivity index (χ0v) is 13.0. The summed E-state index contributed by atoms with van der Waals surface area (Å²) in [5.41, 5.74) is 6.25. The average molecular weight is 334 g/mol. The van der Waals surface area contributed by atoms with Gasteiger partial charge >= 0.3 is 0 Å². The Hall–Kier alpha value is -1.66. The Bertz CT molecular complexity index is 552. The van der Waals surface area contributed by atoms with E-state index in [9.17, 15) is 9.59 Å². The number of hydrogen-bond donors (Lipinski definition) is 3. The highest BCUT2D eigenvalue weighted by Gasteiger charge is 2.25. The van der Waals surface area contributed by atoms with Crippen LogP contribution < -0.4 is 21.1 Å². The first kappa shape index (κ1) is 17.4. The molecule has 1 unspecified atom stereocenters. The van der Waals surface area contributed by atoms with E-state index in [-0.39, 0.29) is 28.9 Å². The van der Waals surface area contributed by atoms with Crippen LogP contribution in [0.5, 0.6) is 5.75 Å². The van der Waals surface area contributed by atoms with E-state index in [0.29, 0.717) is 24.4 Å². The van der Waals surface area contributed by atoms with Gasteiger partial charge in [-0.05, 0) is 18.9 Å². The SMILES string of the molecule is COc1cc(N)c(Cl)cc1C(=O)NC1CCCNC1=O.Cl. The molecule has 0 aromatic heterocycles. The van der Waals surface area contributed by atoms with Crippen molar-refractivity contribution in [3.63, 3.8) is 0 Å². The highest BCUT2D eigenvalue weighted by molar-refractivity contribution is 6.33. The summed E-state index contributed by atoms with van der Waals surface area (Å²) >= 11 is 5.92. The Kier molecular flexibility index (Phi) is 6.11. The zero-order chi connectivity index (χ0) is 14.7. The molecule has 1 fully saturated rings. The number of ether oxygens (including phenoxy) is 1. The standard InChI is InChI=1S/C13H16ClN3O3.ClH/c1-20-11-6-9(15)8(14)5-7(11)12(18)17-10-3-2-4-16-13(10)19;/h5-6,10H,2-4,15H2,1H3,(H,16,19)(H,17,18);1H. The van der Waals surface area contributed by atoms with E-state index in [4.69, 9.17) is 22.1 Å². The molecule has 0 bridgehead atoms. The zero-order valence-electron chi connectivity index (χ0n) is 11.4. The highest BCUT2D eigenvalue weighted by Crippen LogP contribution is 2.28. The summed E-state index contributed by atoms with van der Waals surface area (Å²) in [5, 5.41) is 5.65. The summed E-state index contributed by atoms with van der Waals surface area (Å²) in [6.07, 6.45) is 1.44. The summed E-state index contributed by atoms with van der Waals surface area (Å²) in [6, 6.07) is 2.39. The molecule has 1 aromatic rings. The number of nitrogens with two attached hydrogens (primary N) is 1. The molecule has 4 N–H and O–H groups in total. The van der Waals surface area contributed by atoms with E-state index in [2.05, 4.69) is 10.6 Å². The van der Waals surface area contributed by atoms with Gasteiger partial charge in [-0.2, -0.15) is 0 Å². The third-order valence-corrected chi connectivity index (χ3v) is 3.48. The lowest BCUT2D eigenvalue weighted by molar-refractivity contribution is -0.124. The van der Waals surface area contributed by atoms with Crippen molar-refractivity contribution in [1.82, 2.24) is 10.6 Å². The van der Waals surface area contributed by atoms with Crippen LogP contribution in [0.2, 0.25) is 5.02 Å². The minimum atomic E-state index is -0.530. The molecule has 1 aliphatic heterocycles. The van der Waals surface area contributed by atoms with Gasteiger partial charge in [-0.1, -0.05) is 11.6 Å². The molecule has 2 rings (SSSR count). The Morgan fingerprint density at radius 2 is 2.24 bits per heavy atom. The Morgan fingerprint density at radius 1 is 1.52 bits per heavy atom. The second kappa shape index (κ2) is 7.38. The maximum absolute atomic E-state index is 12.2. The average Bonchev–Trinajstić information content (AvgIpc) is 2.43. The van der Waals surface area contributed by atoms with Crippen LogP contribution in [-0.4, -0.2) is 31.5 Å². The van der Waals surface area contributed by atoms with Gasteiger partial charge in [0, 0.05) is 12.6 Å². The van der Waals surface area contributed by atoms with Gasteiger partial charge in [0.05, 0.1) is 23.4 Å². The number of methoxy groups -OCH3 is 1. The number of benzene rings is 1. The van der Waals surface area contributed by atoms with Crippen LogP contribution in [0.4, 0.5) is 5.69 Å². The molecule has 1 aromatic carbocycles. The van der Waals surface area contributed by atoms with Crippen molar-refractivity contribution in [2.75, 3.05) is 19.4 Å². The van der Waals surface area contributed by atoms with E-state index in [1.165, 1.54) is 19.2 Å². The van der Waals surface area contributed by atoms with E-state index in [1.807, 2.05) is 0 Å². The first-order valence-corrected chi connectivity index (χ1v) is 6.62. The van der Waals surface area contributed by atoms with E-state index < -0.39 is 11.9 Å². The summed E-state index contributed by atoms with van der Waals surface area (Å²) in [7, 11) is 1.44. The van der Waals surface area contributed by atoms with Gasteiger partial charge in [-0.25, -0.2) is 0 Å². The van der Waals surface area contributed by atoms with Gasteiger partial charge < -0.3 is 21.1 Å². The van der Waals surface area contributed by atoms with E-state index >= 15 is 0 Å². The molecule has 21 heavy (non-hydrogen) atoms. The molecule has 0 saturated carbocycles. The fraction of sp³-hybridized carbons (Fsp3) is 0.385. The van der Waals surface area contributed by atoms with Crippen molar-refractivity contribution in [3.05, 3.63) is 22.7 Å².